The standard InChI is InChI=1S/C24H32O6/c1-4-5-19-29-18-11-16-15-7-6-13-10-14(25)8-9-22(13,2)20(15)17(26)12-23(16,3)24(18,30-19)21(27)28/h8-10,15-20,26H,4-7,11-12H2,1-3H3,(H,27,28)/t15?,16?,17?,18?,19?,20?,22-,23-,24-/m0/s1. The zero-order valence-corrected chi connectivity index (χ0v) is 18.0. The first-order valence-electron chi connectivity index (χ1n) is 11.4. The van der Waals surface area contributed by atoms with Gasteiger partial charge in [0.05, 0.1) is 6.10 Å². The Labute approximate surface area is 177 Å². The Morgan fingerprint density at radius 3 is 2.80 bits per heavy atom. The highest BCUT2D eigenvalue weighted by Crippen LogP contribution is 2.69. The van der Waals surface area contributed by atoms with E-state index in [1.54, 1.807) is 12.2 Å². The molecule has 0 radical (unpaired) electrons. The average Bonchev–Trinajstić information content (AvgIpc) is 3.15. The second-order valence-corrected chi connectivity index (χ2v) is 10.4. The van der Waals surface area contributed by atoms with Gasteiger partial charge in [0.25, 0.3) is 0 Å². The molecule has 1 aliphatic heterocycles. The Bertz CT molecular complexity index is 847. The molecule has 0 aromatic heterocycles. The van der Waals surface area contributed by atoms with Crippen LogP contribution in [0.15, 0.2) is 23.8 Å². The van der Waals surface area contributed by atoms with E-state index in [0.717, 1.165) is 24.8 Å². The molecule has 0 aromatic carbocycles. The van der Waals surface area contributed by atoms with Crippen LogP contribution in [0.2, 0.25) is 0 Å². The largest absolute Gasteiger partial charge is 0.479 e. The lowest BCUT2D eigenvalue weighted by atomic mass is 9.46. The Hall–Kier alpha value is -1.50. The van der Waals surface area contributed by atoms with E-state index < -0.39 is 35.5 Å². The number of hydrogen-bond acceptors (Lipinski definition) is 5. The van der Waals surface area contributed by atoms with E-state index in [1.165, 1.54) is 0 Å². The SMILES string of the molecule is CCCC1OC2CC3C4CCC5=CC(=O)C=C[C@]5(C)C4C(O)C[C@]3(C)[C@]2(C(=O)O)O1. The molecule has 3 saturated carbocycles. The van der Waals surface area contributed by atoms with Crippen molar-refractivity contribution in [2.45, 2.75) is 83.4 Å². The predicted octanol–water partition coefficient (Wildman–Crippen LogP) is 3.24. The third kappa shape index (κ3) is 2.36. The van der Waals surface area contributed by atoms with Gasteiger partial charge < -0.3 is 19.7 Å². The summed E-state index contributed by atoms with van der Waals surface area (Å²) in [4.78, 5) is 24.6. The molecule has 6 nitrogen and oxygen atoms in total. The molecule has 5 aliphatic rings. The molecule has 0 bridgehead atoms. The minimum absolute atomic E-state index is 0.0139. The fourth-order valence-corrected chi connectivity index (χ4v) is 7.87. The topological polar surface area (TPSA) is 93.1 Å². The molecule has 0 spiro atoms. The lowest BCUT2D eigenvalue weighted by Gasteiger charge is -2.59. The minimum atomic E-state index is -1.40. The number of aliphatic carboxylic acids is 1. The summed E-state index contributed by atoms with van der Waals surface area (Å²) >= 11 is 0. The second kappa shape index (κ2) is 6.50. The number of ketones is 1. The fraction of sp³-hybridized carbons (Fsp3) is 0.750. The predicted molar refractivity (Wildman–Crippen MR) is 108 cm³/mol. The molecule has 6 heteroatoms. The van der Waals surface area contributed by atoms with E-state index in [-0.39, 0.29) is 29.0 Å². The van der Waals surface area contributed by atoms with Crippen molar-refractivity contribution in [3.8, 4) is 0 Å². The number of aliphatic hydroxyl groups excluding tert-OH is 1. The average molecular weight is 417 g/mol. The first-order chi connectivity index (χ1) is 14.2. The van der Waals surface area contributed by atoms with Crippen molar-refractivity contribution in [2.75, 3.05) is 0 Å². The van der Waals surface area contributed by atoms with Gasteiger partial charge in [-0.15, -0.1) is 0 Å². The zero-order chi connectivity index (χ0) is 21.5. The van der Waals surface area contributed by atoms with Gasteiger partial charge >= 0.3 is 5.97 Å². The number of carbonyl (C=O) groups excluding carboxylic acids is 1. The van der Waals surface area contributed by atoms with Gasteiger partial charge in [0.15, 0.2) is 17.7 Å². The number of carboxylic acids is 1. The van der Waals surface area contributed by atoms with E-state index in [2.05, 4.69) is 6.92 Å². The molecule has 9 atom stereocenters. The number of carboxylic acid groups (broad SMARTS) is 1. The van der Waals surface area contributed by atoms with Gasteiger partial charge in [-0.25, -0.2) is 4.79 Å². The van der Waals surface area contributed by atoms with Crippen LogP contribution in [0.5, 0.6) is 0 Å². The van der Waals surface area contributed by atoms with Crippen LogP contribution in [0.3, 0.4) is 0 Å². The third-order valence-electron chi connectivity index (χ3n) is 9.13. The molecule has 164 valence electrons. The third-order valence-corrected chi connectivity index (χ3v) is 9.13. The van der Waals surface area contributed by atoms with Crippen molar-refractivity contribution in [1.82, 2.24) is 0 Å². The number of rotatable bonds is 3. The Morgan fingerprint density at radius 1 is 1.33 bits per heavy atom. The van der Waals surface area contributed by atoms with Gasteiger partial charge in [0.2, 0.25) is 0 Å². The molecule has 1 heterocycles. The Balaban J connectivity index is 1.55. The maximum absolute atomic E-state index is 12.7. The maximum Gasteiger partial charge on any atom is 0.339 e. The quantitative estimate of drug-likeness (QED) is 0.734. The molecule has 2 N–H and O–H groups in total. The van der Waals surface area contributed by atoms with Crippen LogP contribution in [-0.4, -0.2) is 46.1 Å². The number of ether oxygens (including phenoxy) is 2. The number of allylic oxidation sites excluding steroid dienone is 4. The first kappa shape index (κ1) is 20.4. The van der Waals surface area contributed by atoms with Crippen LogP contribution >= 0.6 is 0 Å². The fourth-order valence-electron chi connectivity index (χ4n) is 7.87. The summed E-state index contributed by atoms with van der Waals surface area (Å²) < 4.78 is 12.4. The number of hydrogen-bond donors (Lipinski definition) is 2. The monoisotopic (exact) mass is 416 g/mol. The molecule has 0 aromatic rings. The van der Waals surface area contributed by atoms with Gasteiger partial charge in [-0.3, -0.25) is 4.79 Å². The lowest BCUT2D eigenvalue weighted by Crippen LogP contribution is -2.63. The summed E-state index contributed by atoms with van der Waals surface area (Å²) in [5.74, 6) is -0.722. The van der Waals surface area contributed by atoms with E-state index in [0.29, 0.717) is 19.3 Å². The molecule has 30 heavy (non-hydrogen) atoms. The molecule has 1 saturated heterocycles. The summed E-state index contributed by atoms with van der Waals surface area (Å²) in [5.41, 5.74) is -1.37. The molecule has 5 rings (SSSR count). The van der Waals surface area contributed by atoms with Crippen LogP contribution in [0, 0.1) is 28.6 Å². The van der Waals surface area contributed by atoms with Gasteiger partial charge in [-0.1, -0.05) is 38.8 Å². The van der Waals surface area contributed by atoms with Crippen molar-refractivity contribution < 1.29 is 29.3 Å². The van der Waals surface area contributed by atoms with Crippen LogP contribution in [0.25, 0.3) is 0 Å². The number of carbonyl (C=O) groups is 2. The highest BCUT2D eigenvalue weighted by molar-refractivity contribution is 6.01. The first-order valence-corrected chi connectivity index (χ1v) is 11.4. The summed E-state index contributed by atoms with van der Waals surface area (Å²) in [6.45, 7) is 6.15. The summed E-state index contributed by atoms with van der Waals surface area (Å²) in [5, 5.41) is 21.8. The summed E-state index contributed by atoms with van der Waals surface area (Å²) in [6.07, 6.45) is 7.90. The highest BCUT2D eigenvalue weighted by Gasteiger charge is 2.76. The number of aliphatic hydroxyl groups is 1. The van der Waals surface area contributed by atoms with Crippen molar-refractivity contribution in [2.24, 2.45) is 28.6 Å². The van der Waals surface area contributed by atoms with Gasteiger partial charge in [-0.05, 0) is 56.1 Å². The van der Waals surface area contributed by atoms with Crippen LogP contribution in [0.1, 0.15) is 59.3 Å². The van der Waals surface area contributed by atoms with E-state index in [1.807, 2.05) is 19.9 Å². The normalized spacial score (nSPS) is 51.6. The number of fused-ring (bicyclic) bond motifs is 7. The minimum Gasteiger partial charge on any atom is -0.479 e. The molecular weight excluding hydrogens is 384 g/mol. The lowest BCUT2D eigenvalue weighted by molar-refractivity contribution is -0.210. The van der Waals surface area contributed by atoms with E-state index in [4.69, 9.17) is 9.47 Å². The molecule has 4 fully saturated rings. The van der Waals surface area contributed by atoms with E-state index in [9.17, 15) is 19.8 Å². The van der Waals surface area contributed by atoms with E-state index >= 15 is 0 Å². The Morgan fingerprint density at radius 2 is 2.10 bits per heavy atom. The summed E-state index contributed by atoms with van der Waals surface area (Å²) in [6, 6.07) is 0. The summed E-state index contributed by atoms with van der Waals surface area (Å²) in [7, 11) is 0. The van der Waals surface area contributed by atoms with Gasteiger partial charge in [0.1, 0.15) is 6.10 Å². The van der Waals surface area contributed by atoms with Crippen LogP contribution < -0.4 is 0 Å². The Kier molecular flexibility index (Phi) is 4.42. The molecule has 6 unspecified atom stereocenters. The molecule has 0 amide bonds. The van der Waals surface area contributed by atoms with Crippen LogP contribution in [0.4, 0.5) is 0 Å². The molecule has 4 aliphatic carbocycles. The van der Waals surface area contributed by atoms with Crippen molar-refractivity contribution in [3.05, 3.63) is 23.8 Å². The smallest absolute Gasteiger partial charge is 0.339 e. The van der Waals surface area contributed by atoms with Crippen LogP contribution in [-0.2, 0) is 19.1 Å². The van der Waals surface area contributed by atoms with Crippen molar-refractivity contribution >= 4 is 11.8 Å². The molecular formula is C24H32O6. The van der Waals surface area contributed by atoms with Gasteiger partial charge in [0, 0.05) is 16.7 Å². The van der Waals surface area contributed by atoms with Crippen molar-refractivity contribution in [1.29, 1.82) is 0 Å². The highest BCUT2D eigenvalue weighted by atomic mass is 16.7. The van der Waals surface area contributed by atoms with Gasteiger partial charge in [-0.2, -0.15) is 0 Å². The van der Waals surface area contributed by atoms with Crippen molar-refractivity contribution in [3.63, 3.8) is 0 Å². The zero-order valence-electron chi connectivity index (χ0n) is 18.0. The maximum atomic E-state index is 12.7. The second-order valence-electron chi connectivity index (χ2n) is 10.4.